The Hall–Kier alpha value is -2.96. The van der Waals surface area contributed by atoms with E-state index in [0.717, 1.165) is 34.3 Å². The van der Waals surface area contributed by atoms with Crippen molar-refractivity contribution < 1.29 is 4.74 Å². The summed E-state index contributed by atoms with van der Waals surface area (Å²) >= 11 is 0. The van der Waals surface area contributed by atoms with Gasteiger partial charge in [0, 0.05) is 31.1 Å². The predicted molar refractivity (Wildman–Crippen MR) is 122 cm³/mol. The minimum absolute atomic E-state index is 0.440. The summed E-state index contributed by atoms with van der Waals surface area (Å²) < 4.78 is 7.92. The first kappa shape index (κ1) is 20.3. The lowest BCUT2D eigenvalue weighted by Gasteiger charge is -2.12. The molecule has 30 heavy (non-hydrogen) atoms. The van der Waals surface area contributed by atoms with Crippen LogP contribution in [0, 0.1) is 0 Å². The molecule has 6 heteroatoms. The number of para-hydroxylation sites is 1. The second kappa shape index (κ2) is 8.81. The monoisotopic (exact) mass is 403 g/mol. The number of anilines is 1. The number of fused-ring (bicyclic) bond motifs is 3. The molecule has 0 aliphatic heterocycles. The minimum atomic E-state index is 0.440. The average Bonchev–Trinajstić information content (AvgIpc) is 3.11. The molecule has 0 saturated carbocycles. The van der Waals surface area contributed by atoms with E-state index in [1.165, 1.54) is 11.1 Å². The summed E-state index contributed by atoms with van der Waals surface area (Å²) in [5.41, 5.74) is 11.4. The lowest BCUT2D eigenvalue weighted by atomic mass is 10.1. The third-order valence-electron chi connectivity index (χ3n) is 5.20. The lowest BCUT2D eigenvalue weighted by Crippen LogP contribution is -2.21. The zero-order chi connectivity index (χ0) is 21.1. The van der Waals surface area contributed by atoms with E-state index >= 15 is 0 Å². The number of nitrogens with zero attached hydrogens (tertiary/aromatic N) is 3. The third-order valence-corrected chi connectivity index (χ3v) is 5.20. The Morgan fingerprint density at radius 2 is 1.77 bits per heavy atom. The van der Waals surface area contributed by atoms with E-state index in [-0.39, 0.29) is 0 Å². The van der Waals surface area contributed by atoms with Gasteiger partial charge in [0.2, 0.25) is 0 Å². The van der Waals surface area contributed by atoms with Crippen molar-refractivity contribution in [1.82, 2.24) is 19.9 Å². The van der Waals surface area contributed by atoms with Gasteiger partial charge in [0.1, 0.15) is 17.9 Å². The van der Waals surface area contributed by atoms with Gasteiger partial charge in [0.15, 0.2) is 5.82 Å². The maximum atomic E-state index is 6.27. The molecule has 0 fully saturated rings. The van der Waals surface area contributed by atoms with Crippen LogP contribution in [0.2, 0.25) is 0 Å². The highest BCUT2D eigenvalue weighted by Crippen LogP contribution is 2.29. The molecular formula is C24H29N5O. The molecule has 156 valence electrons. The molecular weight excluding hydrogens is 374 g/mol. The molecule has 0 saturated heterocycles. The van der Waals surface area contributed by atoms with Crippen molar-refractivity contribution in [2.45, 2.75) is 46.5 Å². The molecule has 4 aromatic rings. The zero-order valence-corrected chi connectivity index (χ0v) is 17.9. The summed E-state index contributed by atoms with van der Waals surface area (Å²) in [4.78, 5) is 9.35. The number of benzene rings is 2. The van der Waals surface area contributed by atoms with Crippen molar-refractivity contribution in [3.63, 3.8) is 0 Å². The van der Waals surface area contributed by atoms with Crippen molar-refractivity contribution in [3.8, 4) is 0 Å². The van der Waals surface area contributed by atoms with Crippen molar-refractivity contribution in [1.29, 1.82) is 0 Å². The van der Waals surface area contributed by atoms with Crippen LogP contribution in [0.15, 0.2) is 48.5 Å². The fourth-order valence-corrected chi connectivity index (χ4v) is 3.65. The van der Waals surface area contributed by atoms with Crippen molar-refractivity contribution >= 4 is 27.8 Å². The van der Waals surface area contributed by atoms with E-state index in [1.54, 1.807) is 0 Å². The second-order valence-electron chi connectivity index (χ2n) is 7.81. The number of aromatic nitrogens is 3. The van der Waals surface area contributed by atoms with Crippen LogP contribution < -0.4 is 11.1 Å². The zero-order valence-electron chi connectivity index (χ0n) is 17.9. The first-order valence-corrected chi connectivity index (χ1v) is 10.5. The van der Waals surface area contributed by atoms with Gasteiger partial charge >= 0.3 is 0 Å². The Labute approximate surface area is 177 Å². The van der Waals surface area contributed by atoms with Crippen molar-refractivity contribution in [3.05, 3.63) is 65.5 Å². The molecule has 2 aromatic carbocycles. The highest BCUT2D eigenvalue weighted by Gasteiger charge is 2.17. The number of hydrogen-bond donors (Lipinski definition) is 2. The fourth-order valence-electron chi connectivity index (χ4n) is 3.65. The summed E-state index contributed by atoms with van der Waals surface area (Å²) in [6.45, 7) is 8.94. The van der Waals surface area contributed by atoms with Crippen LogP contribution in [-0.4, -0.2) is 27.2 Å². The van der Waals surface area contributed by atoms with Gasteiger partial charge in [-0.1, -0.05) is 56.3 Å². The Kier molecular flexibility index (Phi) is 5.97. The standard InChI is InChI=1S/C24H29N5O/c1-4-30-15-21-28-22-23(19-7-5-6-8-20(19)27-24(22)25)29(21)14-18-11-9-17(10-12-18)13-26-16(2)3/h5-12,16,26H,4,13-15H2,1-3H3,(H2,25,27). The number of imidazole rings is 1. The van der Waals surface area contributed by atoms with Gasteiger partial charge in [-0.3, -0.25) is 0 Å². The summed E-state index contributed by atoms with van der Waals surface area (Å²) in [7, 11) is 0. The van der Waals surface area contributed by atoms with Crippen LogP contribution >= 0.6 is 0 Å². The quantitative estimate of drug-likeness (QED) is 0.460. The largest absolute Gasteiger partial charge is 0.382 e. The molecule has 0 spiro atoms. The van der Waals surface area contributed by atoms with E-state index in [4.69, 9.17) is 15.5 Å². The van der Waals surface area contributed by atoms with Gasteiger partial charge in [-0.25, -0.2) is 9.97 Å². The van der Waals surface area contributed by atoms with Crippen LogP contribution in [0.5, 0.6) is 0 Å². The molecule has 4 rings (SSSR count). The highest BCUT2D eigenvalue weighted by molar-refractivity contribution is 6.06. The molecule has 0 bridgehead atoms. The summed E-state index contributed by atoms with van der Waals surface area (Å²) in [5.74, 6) is 1.32. The summed E-state index contributed by atoms with van der Waals surface area (Å²) in [6.07, 6.45) is 0. The van der Waals surface area contributed by atoms with Crippen LogP contribution in [0.25, 0.3) is 21.9 Å². The highest BCUT2D eigenvalue weighted by atomic mass is 16.5. The predicted octanol–water partition coefficient (Wildman–Crippen LogP) is 4.25. The van der Waals surface area contributed by atoms with E-state index in [2.05, 4.69) is 59.0 Å². The van der Waals surface area contributed by atoms with Crippen molar-refractivity contribution in [2.75, 3.05) is 12.3 Å². The maximum Gasteiger partial charge on any atom is 0.152 e. The van der Waals surface area contributed by atoms with E-state index in [9.17, 15) is 0 Å². The van der Waals surface area contributed by atoms with Gasteiger partial charge in [-0.15, -0.1) is 0 Å². The molecule has 0 atom stereocenters. The molecule has 0 aliphatic rings. The van der Waals surface area contributed by atoms with Gasteiger partial charge in [-0.05, 0) is 24.1 Å². The average molecular weight is 404 g/mol. The number of ether oxygens (including phenoxy) is 1. The smallest absolute Gasteiger partial charge is 0.152 e. The summed E-state index contributed by atoms with van der Waals surface area (Å²) in [5, 5.41) is 4.51. The SMILES string of the molecule is CCOCc1nc2c(N)nc3ccccc3c2n1Cc1ccc(CNC(C)C)cc1. The molecule has 0 radical (unpaired) electrons. The van der Waals surface area contributed by atoms with Gasteiger partial charge < -0.3 is 20.4 Å². The van der Waals surface area contributed by atoms with Crippen LogP contribution in [-0.2, 0) is 24.4 Å². The van der Waals surface area contributed by atoms with Gasteiger partial charge in [-0.2, -0.15) is 0 Å². The summed E-state index contributed by atoms with van der Waals surface area (Å²) in [6, 6.07) is 17.3. The van der Waals surface area contributed by atoms with Crippen LogP contribution in [0.3, 0.4) is 0 Å². The Balaban J connectivity index is 1.76. The Bertz CT molecular complexity index is 1150. The first-order chi connectivity index (χ1) is 14.6. The fraction of sp³-hybridized carbons (Fsp3) is 0.333. The van der Waals surface area contributed by atoms with Gasteiger partial charge in [0.25, 0.3) is 0 Å². The van der Waals surface area contributed by atoms with Crippen molar-refractivity contribution in [2.24, 2.45) is 0 Å². The second-order valence-corrected chi connectivity index (χ2v) is 7.81. The van der Waals surface area contributed by atoms with E-state index in [0.29, 0.717) is 31.6 Å². The topological polar surface area (TPSA) is 78.0 Å². The molecule has 0 unspecified atom stereocenters. The Morgan fingerprint density at radius 1 is 1.03 bits per heavy atom. The lowest BCUT2D eigenvalue weighted by molar-refractivity contribution is 0.126. The number of nitrogen functional groups attached to an aromatic ring is 1. The number of rotatable bonds is 8. The molecule has 2 aromatic heterocycles. The third kappa shape index (κ3) is 4.15. The van der Waals surface area contributed by atoms with Crippen LogP contribution in [0.4, 0.5) is 5.82 Å². The molecule has 0 aliphatic carbocycles. The molecule has 2 heterocycles. The minimum Gasteiger partial charge on any atom is -0.382 e. The first-order valence-electron chi connectivity index (χ1n) is 10.5. The number of nitrogens with two attached hydrogens (primary N) is 1. The van der Waals surface area contributed by atoms with E-state index in [1.807, 2.05) is 25.1 Å². The number of pyridine rings is 1. The van der Waals surface area contributed by atoms with Crippen LogP contribution in [0.1, 0.15) is 37.7 Å². The Morgan fingerprint density at radius 3 is 2.50 bits per heavy atom. The molecule has 3 N–H and O–H groups in total. The maximum absolute atomic E-state index is 6.27. The van der Waals surface area contributed by atoms with Gasteiger partial charge in [0.05, 0.1) is 11.0 Å². The molecule has 6 nitrogen and oxygen atoms in total. The number of nitrogens with one attached hydrogen (secondary N) is 1. The number of hydrogen-bond acceptors (Lipinski definition) is 5. The molecule has 0 amide bonds. The van der Waals surface area contributed by atoms with E-state index < -0.39 is 0 Å². The normalized spacial score (nSPS) is 11.7.